The summed E-state index contributed by atoms with van der Waals surface area (Å²) in [4.78, 5) is 13.4. The average molecular weight is 467 g/mol. The second kappa shape index (κ2) is 7.80. The summed E-state index contributed by atoms with van der Waals surface area (Å²) in [6.45, 7) is 18.9. The highest BCUT2D eigenvalue weighted by Gasteiger charge is 2.65. The summed E-state index contributed by atoms with van der Waals surface area (Å²) >= 11 is 0. The quantitative estimate of drug-likeness (QED) is 0.420. The van der Waals surface area contributed by atoms with Crippen molar-refractivity contribution in [2.45, 2.75) is 119 Å². The van der Waals surface area contributed by atoms with Crippen LogP contribution in [-0.2, 0) is 4.79 Å². The third kappa shape index (κ3) is 3.18. The predicted molar refractivity (Wildman–Crippen MR) is 140 cm³/mol. The number of aliphatic hydroxyl groups excluding tert-OH is 1. The van der Waals surface area contributed by atoms with E-state index in [1.807, 2.05) is 0 Å². The minimum Gasteiger partial charge on any atom is -0.393 e. The molecule has 5 aliphatic rings. The number of ketones is 1. The molecule has 8 atom stereocenters. The molecule has 5 aliphatic carbocycles. The van der Waals surface area contributed by atoms with Crippen LogP contribution in [0.25, 0.3) is 0 Å². The van der Waals surface area contributed by atoms with Crippen LogP contribution >= 0.6 is 0 Å². The second-order valence-electron chi connectivity index (χ2n) is 14.8. The molecule has 0 heterocycles. The van der Waals surface area contributed by atoms with Gasteiger partial charge in [-0.15, -0.1) is 0 Å². The number of aliphatic hydroxyl groups is 1. The largest absolute Gasteiger partial charge is 0.393 e. The van der Waals surface area contributed by atoms with E-state index in [0.29, 0.717) is 40.3 Å². The van der Waals surface area contributed by atoms with Gasteiger partial charge in [0.1, 0.15) is 0 Å². The average Bonchev–Trinajstić information content (AvgIpc) is 3.02. The van der Waals surface area contributed by atoms with Gasteiger partial charge in [0.25, 0.3) is 0 Å². The molecule has 2 heteroatoms. The zero-order chi connectivity index (χ0) is 24.8. The Morgan fingerprint density at radius 1 is 0.912 bits per heavy atom. The summed E-state index contributed by atoms with van der Waals surface area (Å²) in [6, 6.07) is 0. The molecule has 0 radical (unpaired) electrons. The first kappa shape index (κ1) is 24.8. The Balaban J connectivity index is 1.57. The van der Waals surface area contributed by atoms with Crippen molar-refractivity contribution < 1.29 is 9.90 Å². The maximum absolute atomic E-state index is 13.4. The lowest BCUT2D eigenvalue weighted by atomic mass is 9.36. The summed E-state index contributed by atoms with van der Waals surface area (Å²) in [5.74, 6) is 3.40. The van der Waals surface area contributed by atoms with E-state index < -0.39 is 0 Å². The molecule has 190 valence electrons. The van der Waals surface area contributed by atoms with Crippen molar-refractivity contribution in [1.29, 1.82) is 0 Å². The first-order chi connectivity index (χ1) is 15.8. The van der Waals surface area contributed by atoms with Crippen LogP contribution in [0.3, 0.4) is 0 Å². The van der Waals surface area contributed by atoms with Gasteiger partial charge >= 0.3 is 0 Å². The van der Waals surface area contributed by atoms with Crippen molar-refractivity contribution in [3.63, 3.8) is 0 Å². The van der Waals surface area contributed by atoms with Crippen LogP contribution in [0, 0.1) is 51.2 Å². The van der Waals surface area contributed by atoms with Crippen molar-refractivity contribution >= 4 is 5.78 Å². The fraction of sp³-hybridized carbons (Fsp3) is 0.844. The van der Waals surface area contributed by atoms with Gasteiger partial charge in [-0.05, 0) is 122 Å². The SMILES string of the molecule is CC(C)=CC12CCC3C(CCC4C3(C)CCC3C(C)(C)C(O)CCC34C)C1=C(C(C)C)C(=O)C2. The molecule has 0 saturated heterocycles. The van der Waals surface area contributed by atoms with E-state index in [1.165, 1.54) is 49.7 Å². The fourth-order valence-electron chi connectivity index (χ4n) is 11.1. The van der Waals surface area contributed by atoms with Gasteiger partial charge in [0, 0.05) is 11.8 Å². The van der Waals surface area contributed by atoms with Crippen molar-refractivity contribution in [3.05, 3.63) is 22.8 Å². The van der Waals surface area contributed by atoms with Crippen LogP contribution in [0.2, 0.25) is 0 Å². The second-order valence-corrected chi connectivity index (χ2v) is 14.8. The van der Waals surface area contributed by atoms with E-state index in [1.54, 1.807) is 5.57 Å². The highest BCUT2D eigenvalue weighted by Crippen LogP contribution is 2.73. The summed E-state index contributed by atoms with van der Waals surface area (Å²) in [5, 5.41) is 10.9. The summed E-state index contributed by atoms with van der Waals surface area (Å²) in [5.41, 5.74) is 4.84. The highest BCUT2D eigenvalue weighted by molar-refractivity contribution is 6.01. The summed E-state index contributed by atoms with van der Waals surface area (Å²) in [6.07, 6.45) is 12.7. The lowest BCUT2D eigenvalue weighted by molar-refractivity contribution is -0.202. The highest BCUT2D eigenvalue weighted by atomic mass is 16.3. The molecule has 34 heavy (non-hydrogen) atoms. The van der Waals surface area contributed by atoms with Crippen LogP contribution < -0.4 is 0 Å². The third-order valence-corrected chi connectivity index (χ3v) is 12.2. The number of carbonyl (C=O) groups is 1. The Hall–Kier alpha value is -0.890. The molecular weight excluding hydrogens is 416 g/mol. The Morgan fingerprint density at radius 3 is 2.24 bits per heavy atom. The molecule has 8 unspecified atom stereocenters. The van der Waals surface area contributed by atoms with Crippen LogP contribution in [-0.4, -0.2) is 17.0 Å². The third-order valence-electron chi connectivity index (χ3n) is 12.2. The van der Waals surface area contributed by atoms with Gasteiger partial charge in [0.2, 0.25) is 0 Å². The first-order valence-corrected chi connectivity index (χ1v) is 14.4. The molecule has 4 saturated carbocycles. The van der Waals surface area contributed by atoms with E-state index in [-0.39, 0.29) is 16.9 Å². The molecule has 0 aliphatic heterocycles. The number of hydrogen-bond acceptors (Lipinski definition) is 2. The molecule has 0 aromatic rings. The standard InChI is InChI=1S/C32H50O2/c1-19(2)17-32-16-11-22-21(28(32)27(20(3)4)23(33)18-32)9-10-25-30(22,7)14-12-24-29(5,6)26(34)13-15-31(24,25)8/h17,20-22,24-26,34H,9-16,18H2,1-8H3. The van der Waals surface area contributed by atoms with E-state index in [2.05, 4.69) is 61.5 Å². The molecule has 5 rings (SSSR count). The van der Waals surface area contributed by atoms with Gasteiger partial charge in [0.15, 0.2) is 5.78 Å². The number of Topliss-reactive ketones (excluding diaryl/α,β-unsaturated/α-hetero) is 1. The smallest absolute Gasteiger partial charge is 0.160 e. The van der Waals surface area contributed by atoms with Gasteiger partial charge in [0.05, 0.1) is 6.10 Å². The number of rotatable bonds is 2. The van der Waals surface area contributed by atoms with E-state index >= 15 is 0 Å². The minimum absolute atomic E-state index is 0.00206. The zero-order valence-electron chi connectivity index (χ0n) is 23.3. The maximum Gasteiger partial charge on any atom is 0.160 e. The van der Waals surface area contributed by atoms with Crippen molar-refractivity contribution in [3.8, 4) is 0 Å². The molecule has 0 amide bonds. The van der Waals surface area contributed by atoms with Gasteiger partial charge in [-0.1, -0.05) is 53.2 Å². The topological polar surface area (TPSA) is 37.3 Å². The molecule has 0 aromatic carbocycles. The fourth-order valence-corrected chi connectivity index (χ4v) is 11.1. The van der Waals surface area contributed by atoms with Crippen molar-refractivity contribution in [2.75, 3.05) is 0 Å². The van der Waals surface area contributed by atoms with Crippen LogP contribution in [0.1, 0.15) is 113 Å². The van der Waals surface area contributed by atoms with Crippen LogP contribution in [0.15, 0.2) is 22.8 Å². The Bertz CT molecular complexity index is 933. The number of allylic oxidation sites excluding steroid dienone is 4. The van der Waals surface area contributed by atoms with Gasteiger partial charge < -0.3 is 5.11 Å². The molecule has 2 nitrogen and oxygen atoms in total. The molecule has 0 bridgehead atoms. The zero-order valence-corrected chi connectivity index (χ0v) is 23.3. The summed E-state index contributed by atoms with van der Waals surface area (Å²) < 4.78 is 0. The van der Waals surface area contributed by atoms with Crippen molar-refractivity contribution in [2.24, 2.45) is 51.2 Å². The Kier molecular flexibility index (Phi) is 5.69. The van der Waals surface area contributed by atoms with Gasteiger partial charge in [-0.25, -0.2) is 0 Å². The molecule has 0 spiro atoms. The lowest BCUT2D eigenvalue weighted by Gasteiger charge is -2.68. The maximum atomic E-state index is 13.4. The first-order valence-electron chi connectivity index (χ1n) is 14.4. The van der Waals surface area contributed by atoms with E-state index in [4.69, 9.17) is 0 Å². The van der Waals surface area contributed by atoms with Crippen LogP contribution in [0.5, 0.6) is 0 Å². The molecular formula is C32H50O2. The molecule has 4 fully saturated rings. The minimum atomic E-state index is -0.158. The Morgan fingerprint density at radius 2 is 1.59 bits per heavy atom. The normalized spacial score (nSPS) is 47.6. The predicted octanol–water partition coefficient (Wildman–Crippen LogP) is 7.90. The lowest BCUT2D eigenvalue weighted by Crippen LogP contribution is -2.62. The number of hydrogen-bond donors (Lipinski definition) is 1. The van der Waals surface area contributed by atoms with Crippen molar-refractivity contribution in [1.82, 2.24) is 0 Å². The molecule has 0 aromatic heterocycles. The monoisotopic (exact) mass is 466 g/mol. The van der Waals surface area contributed by atoms with E-state index in [9.17, 15) is 9.90 Å². The Labute approximate surface area is 209 Å². The van der Waals surface area contributed by atoms with Crippen LogP contribution in [0.4, 0.5) is 0 Å². The van der Waals surface area contributed by atoms with Gasteiger partial charge in [-0.2, -0.15) is 0 Å². The molecule has 1 N–H and O–H groups in total. The summed E-state index contributed by atoms with van der Waals surface area (Å²) in [7, 11) is 0. The van der Waals surface area contributed by atoms with Gasteiger partial charge in [-0.3, -0.25) is 4.79 Å². The van der Waals surface area contributed by atoms with E-state index in [0.717, 1.165) is 25.2 Å². The number of fused-ring (bicyclic) bond motifs is 7. The number of carbonyl (C=O) groups excluding carboxylic acids is 1.